The van der Waals surface area contributed by atoms with E-state index in [4.69, 9.17) is 0 Å². The van der Waals surface area contributed by atoms with Gasteiger partial charge in [0.1, 0.15) is 10.4 Å². The molecule has 0 unspecified atom stereocenters. The van der Waals surface area contributed by atoms with Crippen molar-refractivity contribution < 1.29 is 15.0 Å². The summed E-state index contributed by atoms with van der Waals surface area (Å²) < 4.78 is 0. The second kappa shape index (κ2) is 7.01. The number of aliphatic hydroxyl groups excluding tert-OH is 1. The first-order valence-corrected chi connectivity index (χ1v) is 8.96. The lowest BCUT2D eigenvalue weighted by Crippen LogP contribution is -2.56. The maximum absolute atomic E-state index is 12.1. The van der Waals surface area contributed by atoms with Gasteiger partial charge < -0.3 is 10.2 Å². The van der Waals surface area contributed by atoms with Crippen LogP contribution in [0.5, 0.6) is 0 Å². The van der Waals surface area contributed by atoms with Gasteiger partial charge in [0.2, 0.25) is 0 Å². The average molecular weight is 346 g/mol. The highest BCUT2D eigenvalue weighted by molar-refractivity contribution is 7.09. The van der Waals surface area contributed by atoms with Gasteiger partial charge in [0.15, 0.2) is 0 Å². The Balaban J connectivity index is 1.81. The molecule has 128 valence electrons. The molecular weight excluding hydrogens is 324 g/mol. The summed E-state index contributed by atoms with van der Waals surface area (Å²) in [4.78, 5) is 18.7. The van der Waals surface area contributed by atoms with E-state index in [0.29, 0.717) is 32.5 Å². The zero-order valence-corrected chi connectivity index (χ0v) is 14.5. The molecule has 2 heterocycles. The molecular formula is C18H22N2O3S. The van der Waals surface area contributed by atoms with Gasteiger partial charge in [-0.3, -0.25) is 9.69 Å². The van der Waals surface area contributed by atoms with Gasteiger partial charge in [-0.05, 0) is 25.3 Å². The van der Waals surface area contributed by atoms with E-state index < -0.39 is 17.5 Å². The van der Waals surface area contributed by atoms with Crippen LogP contribution >= 0.6 is 11.3 Å². The van der Waals surface area contributed by atoms with Crippen molar-refractivity contribution in [3.8, 4) is 0 Å². The van der Waals surface area contributed by atoms with E-state index >= 15 is 0 Å². The third-order valence-electron chi connectivity index (χ3n) is 4.68. The monoisotopic (exact) mass is 346 g/mol. The Kier molecular flexibility index (Phi) is 4.99. The maximum atomic E-state index is 12.1. The maximum Gasteiger partial charge on any atom is 0.313 e. The van der Waals surface area contributed by atoms with Crippen molar-refractivity contribution in [1.29, 1.82) is 0 Å². The normalized spacial score (nSPS) is 24.8. The van der Waals surface area contributed by atoms with Crippen molar-refractivity contribution in [1.82, 2.24) is 9.88 Å². The summed E-state index contributed by atoms with van der Waals surface area (Å²) in [6.07, 6.45) is -0.0502. The van der Waals surface area contributed by atoms with Crippen LogP contribution in [0.3, 0.4) is 0 Å². The number of aliphatic hydroxyl groups is 1. The molecule has 2 N–H and O–H groups in total. The SMILES string of the molecule is Cc1csc(CN2CC[C@H](O)[C@@](Cc3ccccc3)(C(=O)O)C2)n1. The minimum Gasteiger partial charge on any atom is -0.481 e. The molecule has 0 amide bonds. The summed E-state index contributed by atoms with van der Waals surface area (Å²) in [6, 6.07) is 9.54. The number of carboxylic acid groups (broad SMARTS) is 1. The second-order valence-electron chi connectivity index (χ2n) is 6.52. The number of rotatable bonds is 5. The fourth-order valence-electron chi connectivity index (χ4n) is 3.39. The van der Waals surface area contributed by atoms with Crippen molar-refractivity contribution >= 4 is 17.3 Å². The van der Waals surface area contributed by atoms with Crippen LogP contribution in [0.15, 0.2) is 35.7 Å². The van der Waals surface area contributed by atoms with E-state index in [9.17, 15) is 15.0 Å². The van der Waals surface area contributed by atoms with Crippen molar-refractivity contribution in [3.05, 3.63) is 52.0 Å². The number of nitrogens with zero attached hydrogens (tertiary/aromatic N) is 2. The van der Waals surface area contributed by atoms with Gasteiger partial charge in [-0.15, -0.1) is 11.3 Å². The van der Waals surface area contributed by atoms with Crippen molar-refractivity contribution in [2.45, 2.75) is 32.4 Å². The number of hydrogen-bond acceptors (Lipinski definition) is 5. The van der Waals surface area contributed by atoms with Gasteiger partial charge in [-0.1, -0.05) is 30.3 Å². The molecule has 3 rings (SSSR count). The standard InChI is InChI=1S/C18H22N2O3S/c1-13-11-24-16(19-13)10-20-8-7-15(21)18(12-20,17(22)23)9-14-5-3-2-4-6-14/h2-6,11,15,21H,7-10,12H2,1H3,(H,22,23)/t15-,18-/m0/s1. The highest BCUT2D eigenvalue weighted by atomic mass is 32.1. The molecule has 0 aliphatic carbocycles. The van der Waals surface area contributed by atoms with E-state index in [0.717, 1.165) is 16.3 Å². The highest BCUT2D eigenvalue weighted by Gasteiger charge is 2.49. The number of aliphatic carboxylic acids is 1. The minimum absolute atomic E-state index is 0.330. The van der Waals surface area contributed by atoms with E-state index in [1.165, 1.54) is 0 Å². The molecule has 1 saturated heterocycles. The Morgan fingerprint density at radius 1 is 1.42 bits per heavy atom. The number of piperidine rings is 1. The molecule has 24 heavy (non-hydrogen) atoms. The highest BCUT2D eigenvalue weighted by Crippen LogP contribution is 2.35. The van der Waals surface area contributed by atoms with E-state index in [1.807, 2.05) is 42.6 Å². The largest absolute Gasteiger partial charge is 0.481 e. The van der Waals surface area contributed by atoms with Crippen LogP contribution in [0.2, 0.25) is 0 Å². The zero-order chi connectivity index (χ0) is 17.2. The van der Waals surface area contributed by atoms with Gasteiger partial charge in [0.05, 0.1) is 12.6 Å². The summed E-state index contributed by atoms with van der Waals surface area (Å²) in [5.74, 6) is -0.932. The van der Waals surface area contributed by atoms with Gasteiger partial charge in [0, 0.05) is 24.2 Å². The van der Waals surface area contributed by atoms with E-state index in [-0.39, 0.29) is 0 Å². The van der Waals surface area contributed by atoms with Gasteiger partial charge in [-0.25, -0.2) is 4.98 Å². The minimum atomic E-state index is -1.17. The first-order valence-electron chi connectivity index (χ1n) is 8.08. The Morgan fingerprint density at radius 2 is 2.17 bits per heavy atom. The molecule has 0 radical (unpaired) electrons. The number of carbonyl (C=O) groups is 1. The Morgan fingerprint density at radius 3 is 2.79 bits per heavy atom. The molecule has 6 heteroatoms. The third-order valence-corrected chi connectivity index (χ3v) is 5.63. The van der Waals surface area contributed by atoms with Crippen LogP contribution in [0.25, 0.3) is 0 Å². The number of likely N-dealkylation sites (tertiary alicyclic amines) is 1. The predicted octanol–water partition coefficient (Wildman–Crippen LogP) is 2.33. The molecule has 0 spiro atoms. The summed E-state index contributed by atoms with van der Waals surface area (Å²) in [6.45, 7) is 3.60. The van der Waals surface area contributed by atoms with Crippen LogP contribution in [-0.4, -0.2) is 45.3 Å². The first kappa shape index (κ1) is 17.1. The quantitative estimate of drug-likeness (QED) is 0.869. The van der Waals surface area contributed by atoms with Gasteiger partial charge in [0.25, 0.3) is 0 Å². The summed E-state index contributed by atoms with van der Waals surface area (Å²) in [7, 11) is 0. The van der Waals surface area contributed by atoms with Crippen LogP contribution in [0.4, 0.5) is 0 Å². The van der Waals surface area contributed by atoms with Crippen molar-refractivity contribution in [2.24, 2.45) is 5.41 Å². The summed E-state index contributed by atoms with van der Waals surface area (Å²) in [5, 5.41) is 23.4. The first-order chi connectivity index (χ1) is 11.5. The van der Waals surface area contributed by atoms with Crippen molar-refractivity contribution in [3.63, 3.8) is 0 Å². The smallest absolute Gasteiger partial charge is 0.313 e. The Bertz CT molecular complexity index is 703. The second-order valence-corrected chi connectivity index (χ2v) is 7.46. The summed E-state index contributed by atoms with van der Waals surface area (Å²) >= 11 is 1.59. The summed E-state index contributed by atoms with van der Waals surface area (Å²) in [5.41, 5.74) is 0.748. The number of thiazole rings is 1. The molecule has 5 nitrogen and oxygen atoms in total. The number of benzene rings is 1. The lowest BCUT2D eigenvalue weighted by atomic mass is 9.73. The number of carboxylic acids is 1. The number of aryl methyl sites for hydroxylation is 1. The zero-order valence-electron chi connectivity index (χ0n) is 13.7. The molecule has 1 aliphatic heterocycles. The topological polar surface area (TPSA) is 73.7 Å². The fraction of sp³-hybridized carbons (Fsp3) is 0.444. The molecule has 1 aromatic heterocycles. The lowest BCUT2D eigenvalue weighted by molar-refractivity contribution is -0.163. The molecule has 1 aromatic carbocycles. The number of hydrogen-bond donors (Lipinski definition) is 2. The van der Waals surface area contributed by atoms with Gasteiger partial charge >= 0.3 is 5.97 Å². The Labute approximate surface area is 145 Å². The molecule has 0 bridgehead atoms. The van der Waals surface area contributed by atoms with E-state index in [1.54, 1.807) is 11.3 Å². The van der Waals surface area contributed by atoms with Gasteiger partial charge in [-0.2, -0.15) is 0 Å². The van der Waals surface area contributed by atoms with Crippen LogP contribution in [-0.2, 0) is 17.8 Å². The van der Waals surface area contributed by atoms with E-state index in [2.05, 4.69) is 9.88 Å². The van der Waals surface area contributed by atoms with Crippen LogP contribution in [0.1, 0.15) is 22.7 Å². The molecule has 2 aromatic rings. The molecule has 1 fully saturated rings. The lowest BCUT2D eigenvalue weighted by Gasteiger charge is -2.43. The molecule has 2 atom stereocenters. The predicted molar refractivity (Wildman–Crippen MR) is 93.0 cm³/mol. The van der Waals surface area contributed by atoms with Crippen LogP contribution in [0, 0.1) is 12.3 Å². The Hall–Kier alpha value is -1.76. The third kappa shape index (κ3) is 3.50. The molecule has 0 saturated carbocycles. The average Bonchev–Trinajstić information content (AvgIpc) is 2.96. The van der Waals surface area contributed by atoms with Crippen LogP contribution < -0.4 is 0 Å². The number of aromatic nitrogens is 1. The fourth-order valence-corrected chi connectivity index (χ4v) is 4.20. The molecule has 1 aliphatic rings. The van der Waals surface area contributed by atoms with Crippen molar-refractivity contribution in [2.75, 3.05) is 13.1 Å².